The molecular weight excluding hydrogens is 366 g/mol. The van der Waals surface area contributed by atoms with Gasteiger partial charge < -0.3 is 4.84 Å². The summed E-state index contributed by atoms with van der Waals surface area (Å²) >= 11 is 0. The number of carbonyl (C=O) groups is 3. The summed E-state index contributed by atoms with van der Waals surface area (Å²) in [6.45, 7) is 0. The average Bonchev–Trinajstić information content (AvgIpc) is 3.05. The van der Waals surface area contributed by atoms with E-state index >= 15 is 0 Å². The van der Waals surface area contributed by atoms with Crippen molar-refractivity contribution in [1.29, 1.82) is 0 Å². The lowest BCUT2D eigenvalue weighted by atomic mass is 9.68. The molecule has 0 spiro atoms. The molecular formula is C24H21NO4. The van der Waals surface area contributed by atoms with Crippen molar-refractivity contribution in [1.82, 2.24) is 5.06 Å². The predicted molar refractivity (Wildman–Crippen MR) is 108 cm³/mol. The van der Waals surface area contributed by atoms with E-state index in [1.807, 2.05) is 0 Å². The molecule has 0 saturated carbocycles. The molecule has 3 aliphatic carbocycles. The summed E-state index contributed by atoms with van der Waals surface area (Å²) in [4.78, 5) is 40.1. The molecule has 29 heavy (non-hydrogen) atoms. The van der Waals surface area contributed by atoms with E-state index in [1.54, 1.807) is 0 Å². The second-order valence-corrected chi connectivity index (χ2v) is 7.84. The maximum absolute atomic E-state index is 12.1. The first-order valence-electron chi connectivity index (χ1n) is 10.1. The fraction of sp³-hybridized carbons (Fsp3) is 0.292. The zero-order chi connectivity index (χ0) is 20.0. The highest BCUT2D eigenvalue weighted by atomic mass is 16.7. The van der Waals surface area contributed by atoms with Gasteiger partial charge >= 0.3 is 5.97 Å². The number of aryl methyl sites for hydroxylation is 1. The molecule has 1 aromatic carbocycles. The third-order valence-corrected chi connectivity index (χ3v) is 6.05. The van der Waals surface area contributed by atoms with Crippen molar-refractivity contribution in [3.05, 3.63) is 70.3 Å². The van der Waals surface area contributed by atoms with Gasteiger partial charge in [-0.3, -0.25) is 9.59 Å². The largest absolute Gasteiger partial charge is 0.333 e. The summed E-state index contributed by atoms with van der Waals surface area (Å²) in [6, 6.07) is 4.30. The van der Waals surface area contributed by atoms with Crippen LogP contribution < -0.4 is 0 Å². The Hall–Kier alpha value is -3.21. The smallest absolute Gasteiger partial charge is 0.330 e. The van der Waals surface area contributed by atoms with Crippen LogP contribution in [-0.4, -0.2) is 22.8 Å². The van der Waals surface area contributed by atoms with Crippen molar-refractivity contribution < 1.29 is 19.2 Å². The number of benzene rings is 1. The van der Waals surface area contributed by atoms with Crippen LogP contribution >= 0.6 is 0 Å². The molecule has 5 heteroatoms. The van der Waals surface area contributed by atoms with E-state index < -0.39 is 17.8 Å². The van der Waals surface area contributed by atoms with E-state index in [1.165, 1.54) is 27.8 Å². The Labute approximate surface area is 169 Å². The topological polar surface area (TPSA) is 63.7 Å². The Morgan fingerprint density at radius 1 is 1.07 bits per heavy atom. The molecule has 4 aliphatic rings. The molecule has 1 heterocycles. The van der Waals surface area contributed by atoms with Crippen LogP contribution in [0, 0.1) is 5.92 Å². The van der Waals surface area contributed by atoms with Crippen molar-refractivity contribution in [3.63, 3.8) is 0 Å². The summed E-state index contributed by atoms with van der Waals surface area (Å²) in [5.74, 6) is -0.661. The van der Waals surface area contributed by atoms with Crippen molar-refractivity contribution in [2.45, 2.75) is 38.0 Å². The summed E-state index contributed by atoms with van der Waals surface area (Å²) < 4.78 is 0. The normalized spacial score (nSPS) is 23.3. The Bertz CT molecular complexity index is 1030. The SMILES string of the molecule is O=C(CCCc1ccc2c3c1C=CC1C=CC=C(C=C2)C31)ON1C(=O)CCC1=O. The molecule has 0 bridgehead atoms. The van der Waals surface area contributed by atoms with Crippen LogP contribution in [0.4, 0.5) is 0 Å². The number of carbonyl (C=O) groups excluding carboxylic acids is 3. The molecule has 146 valence electrons. The molecule has 1 aromatic rings. The number of hydrogen-bond donors (Lipinski definition) is 0. The van der Waals surface area contributed by atoms with Crippen molar-refractivity contribution in [2.24, 2.45) is 5.92 Å². The molecule has 5 rings (SSSR count). The van der Waals surface area contributed by atoms with Crippen LogP contribution in [0.3, 0.4) is 0 Å². The number of hydrogen-bond acceptors (Lipinski definition) is 4. The first kappa shape index (κ1) is 17.9. The van der Waals surface area contributed by atoms with Crippen LogP contribution in [-0.2, 0) is 25.6 Å². The van der Waals surface area contributed by atoms with Gasteiger partial charge in [-0.15, -0.1) is 5.06 Å². The van der Waals surface area contributed by atoms with Gasteiger partial charge in [0.15, 0.2) is 0 Å². The van der Waals surface area contributed by atoms with E-state index in [4.69, 9.17) is 4.84 Å². The Morgan fingerprint density at radius 2 is 1.90 bits per heavy atom. The third-order valence-electron chi connectivity index (χ3n) is 6.05. The lowest BCUT2D eigenvalue weighted by Gasteiger charge is -2.35. The van der Waals surface area contributed by atoms with Crippen LogP contribution in [0.25, 0.3) is 12.2 Å². The van der Waals surface area contributed by atoms with Crippen LogP contribution in [0.5, 0.6) is 0 Å². The lowest BCUT2D eigenvalue weighted by Crippen LogP contribution is -2.32. The number of nitrogens with zero attached hydrogens (tertiary/aromatic N) is 1. The molecule has 5 nitrogen and oxygen atoms in total. The minimum Gasteiger partial charge on any atom is -0.330 e. The fourth-order valence-electron chi connectivity index (χ4n) is 4.65. The standard InChI is InChI=1S/C24H21NO4/c26-20-13-14-21(27)25(20)29-22(28)6-2-3-15-7-8-18-10-9-16-4-1-5-17-11-12-19(15)24(18)23(16)17/h1,4-5,7-12,17,23H,2-3,6,13-14H2. The maximum Gasteiger partial charge on any atom is 0.333 e. The summed E-state index contributed by atoms with van der Waals surface area (Å²) in [5.41, 5.74) is 6.46. The number of imide groups is 1. The Morgan fingerprint density at radius 3 is 2.72 bits per heavy atom. The number of amides is 2. The zero-order valence-corrected chi connectivity index (χ0v) is 16.0. The van der Waals surface area contributed by atoms with E-state index in [-0.39, 0.29) is 19.3 Å². The summed E-state index contributed by atoms with van der Waals surface area (Å²) in [6.07, 6.45) is 17.2. The van der Waals surface area contributed by atoms with Gasteiger partial charge in [0.05, 0.1) is 0 Å². The van der Waals surface area contributed by atoms with Gasteiger partial charge in [-0.2, -0.15) is 0 Å². The molecule has 1 saturated heterocycles. The first-order valence-corrected chi connectivity index (χ1v) is 10.1. The van der Waals surface area contributed by atoms with E-state index in [0.29, 0.717) is 23.3 Å². The van der Waals surface area contributed by atoms with E-state index in [9.17, 15) is 14.4 Å². The average molecular weight is 387 g/mol. The van der Waals surface area contributed by atoms with E-state index in [2.05, 4.69) is 54.7 Å². The van der Waals surface area contributed by atoms with Gasteiger partial charge in [0.1, 0.15) is 0 Å². The van der Waals surface area contributed by atoms with E-state index in [0.717, 1.165) is 6.42 Å². The molecule has 2 unspecified atom stereocenters. The quantitative estimate of drug-likeness (QED) is 0.720. The van der Waals surface area contributed by atoms with Gasteiger partial charge in [-0.25, -0.2) is 4.79 Å². The van der Waals surface area contributed by atoms with Gasteiger partial charge in [0, 0.05) is 31.1 Å². The Balaban J connectivity index is 1.29. The third kappa shape index (κ3) is 3.07. The fourth-order valence-corrected chi connectivity index (χ4v) is 4.65. The molecule has 1 fully saturated rings. The van der Waals surface area contributed by atoms with Gasteiger partial charge in [-0.05, 0) is 40.7 Å². The molecule has 2 atom stereocenters. The van der Waals surface area contributed by atoms with Crippen molar-refractivity contribution in [3.8, 4) is 0 Å². The lowest BCUT2D eigenvalue weighted by molar-refractivity contribution is -0.197. The van der Waals surface area contributed by atoms with Crippen LogP contribution in [0.2, 0.25) is 0 Å². The highest BCUT2D eigenvalue weighted by Crippen LogP contribution is 2.47. The second kappa shape index (κ2) is 6.99. The van der Waals surface area contributed by atoms with Gasteiger partial charge in [0.25, 0.3) is 11.8 Å². The van der Waals surface area contributed by atoms with Gasteiger partial charge in [-0.1, -0.05) is 54.7 Å². The minimum atomic E-state index is -0.540. The second-order valence-electron chi connectivity index (χ2n) is 7.84. The molecule has 0 N–H and O–H groups in total. The highest BCUT2D eigenvalue weighted by Gasteiger charge is 2.34. The molecule has 0 aromatic heterocycles. The van der Waals surface area contributed by atoms with Gasteiger partial charge in [0.2, 0.25) is 0 Å². The van der Waals surface area contributed by atoms with Crippen LogP contribution in [0.15, 0.2) is 48.1 Å². The van der Waals surface area contributed by atoms with Crippen molar-refractivity contribution in [2.75, 3.05) is 0 Å². The monoisotopic (exact) mass is 387 g/mol. The summed E-state index contributed by atoms with van der Waals surface area (Å²) in [5, 5.41) is 0.616. The Kier molecular flexibility index (Phi) is 4.31. The minimum absolute atomic E-state index is 0.110. The number of hydroxylamine groups is 2. The first-order chi connectivity index (χ1) is 14.1. The maximum atomic E-state index is 12.1. The van der Waals surface area contributed by atoms with Crippen LogP contribution in [0.1, 0.15) is 53.9 Å². The summed E-state index contributed by atoms with van der Waals surface area (Å²) in [7, 11) is 0. The zero-order valence-electron chi connectivity index (χ0n) is 16.0. The molecule has 2 amide bonds. The number of allylic oxidation sites excluding steroid dienone is 6. The highest BCUT2D eigenvalue weighted by molar-refractivity contribution is 6.01. The predicted octanol–water partition coefficient (Wildman–Crippen LogP) is 3.87. The molecule has 0 radical (unpaired) electrons. The molecule has 1 aliphatic heterocycles. The van der Waals surface area contributed by atoms with Crippen molar-refractivity contribution >= 4 is 29.9 Å². The number of rotatable bonds is 5.